The molecule has 0 heterocycles. The maximum atomic E-state index is 12.7. The third-order valence-corrected chi connectivity index (χ3v) is 9.73. The van der Waals surface area contributed by atoms with Gasteiger partial charge in [-0.05, 0) is 49.2 Å². The number of rotatable bonds is 11. The second-order valence-electron chi connectivity index (χ2n) is 7.23. The lowest BCUT2D eigenvalue weighted by atomic mass is 10.1. The lowest BCUT2D eigenvalue weighted by molar-refractivity contribution is 0.319. The van der Waals surface area contributed by atoms with Gasteiger partial charge in [0.1, 0.15) is 0 Å². The van der Waals surface area contributed by atoms with Crippen molar-refractivity contribution in [3.8, 4) is 0 Å². The summed E-state index contributed by atoms with van der Waals surface area (Å²) in [6.07, 6.45) is 0.436. The Morgan fingerprint density at radius 1 is 0.969 bits per heavy atom. The molecule has 0 aromatic heterocycles. The third-order valence-electron chi connectivity index (χ3n) is 4.67. The van der Waals surface area contributed by atoms with Crippen LogP contribution < -0.4 is 11.1 Å². The number of nitrogen functional groups attached to an aromatic ring is 1. The summed E-state index contributed by atoms with van der Waals surface area (Å²) >= 11 is 0. The van der Waals surface area contributed by atoms with Gasteiger partial charge in [-0.3, -0.25) is 4.55 Å². The fourth-order valence-electron chi connectivity index (χ4n) is 2.87. The second-order valence-corrected chi connectivity index (χ2v) is 13.2. The first-order valence-corrected chi connectivity index (χ1v) is 14.3. The molecular weight excluding hydrogens is 480 g/mol. The van der Waals surface area contributed by atoms with Crippen molar-refractivity contribution < 1.29 is 34.9 Å². The normalized spacial score (nSPS) is 13.6. The lowest BCUT2D eigenvalue weighted by Gasteiger charge is -2.15. The van der Waals surface area contributed by atoms with Crippen LogP contribution in [-0.2, 0) is 36.2 Å². The van der Waals surface area contributed by atoms with Crippen molar-refractivity contribution >= 4 is 41.2 Å². The molecule has 0 fully saturated rings. The molecule has 0 aliphatic heterocycles. The Morgan fingerprint density at radius 3 is 2.16 bits per heavy atom. The molecule has 0 spiro atoms. The Morgan fingerprint density at radius 2 is 1.59 bits per heavy atom. The molecule has 2 aromatic carbocycles. The van der Waals surface area contributed by atoms with Crippen LogP contribution in [0.1, 0.15) is 12.5 Å². The molecule has 32 heavy (non-hydrogen) atoms. The molecule has 0 radical (unpaired) electrons. The molecule has 10 nitrogen and oxygen atoms in total. The number of benzene rings is 2. The monoisotopic (exact) mass is 506 g/mol. The van der Waals surface area contributed by atoms with E-state index in [9.17, 15) is 25.3 Å². The average Bonchev–Trinajstić information content (AvgIpc) is 2.68. The van der Waals surface area contributed by atoms with E-state index in [4.69, 9.17) is 15.4 Å². The van der Waals surface area contributed by atoms with E-state index >= 15 is 0 Å². The first-order valence-electron chi connectivity index (χ1n) is 9.51. The van der Waals surface area contributed by atoms with Crippen LogP contribution in [0, 0.1) is 0 Å². The topological polar surface area (TPSA) is 181 Å². The van der Waals surface area contributed by atoms with Gasteiger partial charge in [-0.25, -0.2) is 16.8 Å². The maximum Gasteiger partial charge on any atom is 0.268 e. The summed E-state index contributed by atoms with van der Waals surface area (Å²) in [6, 6.07) is 10.3. The highest BCUT2D eigenvalue weighted by molar-refractivity contribution is 7.93. The van der Waals surface area contributed by atoms with E-state index in [1.54, 1.807) is 12.1 Å². The van der Waals surface area contributed by atoms with Crippen molar-refractivity contribution in [2.45, 2.75) is 28.4 Å². The molecule has 0 amide bonds. The van der Waals surface area contributed by atoms with Gasteiger partial charge in [-0.15, -0.1) is 0 Å². The van der Waals surface area contributed by atoms with Gasteiger partial charge in [0.15, 0.2) is 19.7 Å². The van der Waals surface area contributed by atoms with E-state index in [-0.39, 0.29) is 26.9 Å². The van der Waals surface area contributed by atoms with Crippen molar-refractivity contribution in [1.29, 1.82) is 0 Å². The number of hydrogen-bond donors (Lipinski definition) is 4. The Bertz CT molecular complexity index is 1260. The van der Waals surface area contributed by atoms with E-state index < -0.39 is 47.4 Å². The van der Waals surface area contributed by atoms with Crippen molar-refractivity contribution in [1.82, 2.24) is 0 Å². The molecule has 0 aliphatic carbocycles. The van der Waals surface area contributed by atoms with E-state index in [1.165, 1.54) is 30.3 Å². The predicted molar refractivity (Wildman–Crippen MR) is 122 cm³/mol. The number of hydrogen-bond acceptors (Lipinski definition) is 9. The molecule has 0 bridgehead atoms. The Balaban J connectivity index is 2.14. The Kier molecular flexibility index (Phi) is 8.28. The van der Waals surface area contributed by atoms with Crippen LogP contribution in [0.5, 0.6) is 0 Å². The van der Waals surface area contributed by atoms with Crippen LogP contribution in [0.4, 0.5) is 11.4 Å². The molecule has 2 aromatic rings. The Hall–Kier alpha value is -2.19. The van der Waals surface area contributed by atoms with E-state index in [0.717, 1.165) is 12.5 Å². The zero-order valence-electron chi connectivity index (χ0n) is 17.3. The fraction of sp³-hybridized carbons (Fsp3) is 0.368. The molecule has 13 heteroatoms. The Labute approximate surface area is 188 Å². The molecule has 1 atom stereocenters. The summed E-state index contributed by atoms with van der Waals surface area (Å²) in [5.41, 5.74) is 6.90. The number of nitrogens with one attached hydrogen (secondary N) is 1. The molecule has 2 rings (SSSR count). The van der Waals surface area contributed by atoms with Gasteiger partial charge in [0, 0.05) is 12.2 Å². The number of aliphatic hydroxyl groups is 1. The largest absolute Gasteiger partial charge is 0.399 e. The number of nitrogens with two attached hydrogens (primary N) is 1. The van der Waals surface area contributed by atoms with E-state index in [2.05, 4.69) is 5.32 Å². The minimum absolute atomic E-state index is 0.100. The molecule has 1 unspecified atom stereocenters. The fourth-order valence-corrected chi connectivity index (χ4v) is 6.71. The van der Waals surface area contributed by atoms with Crippen molar-refractivity contribution in [3.05, 3.63) is 48.0 Å². The lowest BCUT2D eigenvalue weighted by Crippen LogP contribution is -2.27. The molecule has 0 aliphatic rings. The first-order chi connectivity index (χ1) is 14.8. The van der Waals surface area contributed by atoms with Crippen LogP contribution in [0.25, 0.3) is 0 Å². The summed E-state index contributed by atoms with van der Waals surface area (Å²) in [6.45, 7) is 0.920. The van der Waals surface area contributed by atoms with Crippen molar-refractivity contribution in [2.75, 3.05) is 35.7 Å². The maximum absolute atomic E-state index is 12.7. The highest BCUT2D eigenvalue weighted by Crippen LogP contribution is 2.26. The van der Waals surface area contributed by atoms with Crippen LogP contribution in [0.2, 0.25) is 0 Å². The highest BCUT2D eigenvalue weighted by atomic mass is 32.2. The van der Waals surface area contributed by atoms with Gasteiger partial charge in [0.2, 0.25) is 0 Å². The zero-order chi connectivity index (χ0) is 24.2. The van der Waals surface area contributed by atoms with Crippen molar-refractivity contribution in [3.63, 3.8) is 0 Å². The van der Waals surface area contributed by atoms with Gasteiger partial charge in [0.05, 0.1) is 38.8 Å². The standard InChI is InChI=1S/C19H26N2O8S3/c1-14(32(27,28)29)13-31(25,26)19-12-16(20)4-7-18(19)21-9-8-15-2-5-17(6-3-15)30(23,24)11-10-22/h2-7,12,14,21-22H,8-11,13,20H2,1H3,(H,27,28,29). The highest BCUT2D eigenvalue weighted by Gasteiger charge is 2.28. The van der Waals surface area contributed by atoms with Gasteiger partial charge in [0.25, 0.3) is 10.1 Å². The van der Waals surface area contributed by atoms with Gasteiger partial charge in [-0.2, -0.15) is 8.42 Å². The minimum Gasteiger partial charge on any atom is -0.399 e. The SMILES string of the molecule is CC(CS(=O)(=O)c1cc(N)ccc1NCCc1ccc(S(=O)(=O)CCO)cc1)S(=O)(=O)O. The van der Waals surface area contributed by atoms with Crippen LogP contribution >= 0.6 is 0 Å². The number of aliphatic hydroxyl groups excluding tert-OH is 1. The average molecular weight is 507 g/mol. The van der Waals surface area contributed by atoms with Gasteiger partial charge >= 0.3 is 0 Å². The number of anilines is 2. The molecule has 178 valence electrons. The zero-order valence-corrected chi connectivity index (χ0v) is 19.7. The van der Waals surface area contributed by atoms with E-state index in [0.29, 0.717) is 13.0 Å². The van der Waals surface area contributed by atoms with Gasteiger partial charge in [-0.1, -0.05) is 12.1 Å². The van der Waals surface area contributed by atoms with Crippen molar-refractivity contribution in [2.24, 2.45) is 0 Å². The summed E-state index contributed by atoms with van der Waals surface area (Å²) in [4.78, 5) is -0.0819. The summed E-state index contributed by atoms with van der Waals surface area (Å²) in [5, 5.41) is 10.3. The smallest absolute Gasteiger partial charge is 0.268 e. The van der Waals surface area contributed by atoms with E-state index in [1.807, 2.05) is 0 Å². The second kappa shape index (κ2) is 10.2. The first kappa shape index (κ1) is 26.1. The molecule has 5 N–H and O–H groups in total. The van der Waals surface area contributed by atoms with Crippen LogP contribution in [0.15, 0.2) is 52.3 Å². The van der Waals surface area contributed by atoms with Crippen LogP contribution in [0.3, 0.4) is 0 Å². The quantitative estimate of drug-likeness (QED) is 0.251. The predicted octanol–water partition coefficient (Wildman–Crippen LogP) is 0.739. The van der Waals surface area contributed by atoms with Gasteiger partial charge < -0.3 is 16.2 Å². The number of sulfone groups is 2. The summed E-state index contributed by atoms with van der Waals surface area (Å²) in [7, 11) is -12.2. The summed E-state index contributed by atoms with van der Waals surface area (Å²) in [5.74, 6) is -1.17. The summed E-state index contributed by atoms with van der Waals surface area (Å²) < 4.78 is 81.0. The molecule has 0 saturated carbocycles. The third kappa shape index (κ3) is 6.90. The molecular formula is C19H26N2O8S3. The molecule has 0 saturated heterocycles. The minimum atomic E-state index is -4.53. The van der Waals surface area contributed by atoms with Crippen LogP contribution in [-0.4, -0.2) is 64.8 Å².